The van der Waals surface area contributed by atoms with E-state index < -0.39 is 18.6 Å². The number of piperidine rings is 1. The molecule has 0 atom stereocenters. The Labute approximate surface area is 212 Å². The Morgan fingerprint density at radius 3 is 2.27 bits per heavy atom. The number of likely N-dealkylation sites (tertiary alicyclic amines) is 1. The lowest BCUT2D eigenvalue weighted by Crippen LogP contribution is -2.40. The maximum absolute atomic E-state index is 13.3. The number of amides is 1. The standard InChI is InChI=1S/C27H26F4N4O2/c1-34(22-5-3-2-4-6-22)23-10-7-20(8-11-23)26(36)35-15-13-19(14-16-35)25(33-37-18-27(29,30)31)24-12-9-21(28)17-32-24/h2-12,17,19H,13-16,18H2,1H3/b33-25+. The van der Waals surface area contributed by atoms with E-state index in [0.29, 0.717) is 31.5 Å². The molecule has 1 fully saturated rings. The number of aromatic nitrogens is 1. The van der Waals surface area contributed by atoms with Crippen LogP contribution in [0.2, 0.25) is 0 Å². The molecule has 2 aromatic carbocycles. The second-order valence-corrected chi connectivity index (χ2v) is 8.73. The van der Waals surface area contributed by atoms with Crippen molar-refractivity contribution in [1.29, 1.82) is 0 Å². The Hall–Kier alpha value is -3.95. The Morgan fingerprint density at radius 2 is 1.68 bits per heavy atom. The molecule has 3 aromatic rings. The average Bonchev–Trinajstić information content (AvgIpc) is 2.91. The molecule has 37 heavy (non-hydrogen) atoms. The van der Waals surface area contributed by atoms with Crippen molar-refractivity contribution in [3.63, 3.8) is 0 Å². The van der Waals surface area contributed by atoms with Gasteiger partial charge in [-0.25, -0.2) is 4.39 Å². The zero-order valence-electron chi connectivity index (χ0n) is 20.2. The summed E-state index contributed by atoms with van der Waals surface area (Å²) in [4.78, 5) is 25.3. The van der Waals surface area contributed by atoms with E-state index in [1.807, 2.05) is 54.4 Å². The quantitative estimate of drug-likeness (QED) is 0.226. The van der Waals surface area contributed by atoms with Gasteiger partial charge in [0, 0.05) is 43.0 Å². The molecule has 6 nitrogen and oxygen atoms in total. The lowest BCUT2D eigenvalue weighted by Gasteiger charge is -2.32. The minimum atomic E-state index is -4.54. The van der Waals surface area contributed by atoms with Crippen molar-refractivity contribution in [3.8, 4) is 0 Å². The van der Waals surface area contributed by atoms with Crippen LogP contribution in [0.4, 0.5) is 28.9 Å². The van der Waals surface area contributed by atoms with Gasteiger partial charge in [-0.2, -0.15) is 13.2 Å². The molecule has 0 unspecified atom stereocenters. The molecular weight excluding hydrogens is 488 g/mol. The summed E-state index contributed by atoms with van der Waals surface area (Å²) in [5, 5.41) is 3.72. The Kier molecular flexibility index (Phi) is 8.05. The molecule has 0 bridgehead atoms. The van der Waals surface area contributed by atoms with E-state index >= 15 is 0 Å². The lowest BCUT2D eigenvalue weighted by atomic mass is 9.89. The minimum absolute atomic E-state index is 0.126. The van der Waals surface area contributed by atoms with Crippen LogP contribution in [-0.4, -0.2) is 54.4 Å². The van der Waals surface area contributed by atoms with E-state index in [9.17, 15) is 22.4 Å². The summed E-state index contributed by atoms with van der Waals surface area (Å²) < 4.78 is 51.0. The molecule has 194 valence electrons. The summed E-state index contributed by atoms with van der Waals surface area (Å²) in [5.41, 5.74) is 2.96. The Balaban J connectivity index is 1.41. The first-order chi connectivity index (χ1) is 17.7. The lowest BCUT2D eigenvalue weighted by molar-refractivity contribution is -0.173. The van der Waals surface area contributed by atoms with Gasteiger partial charge in [-0.15, -0.1) is 0 Å². The van der Waals surface area contributed by atoms with E-state index in [-0.39, 0.29) is 23.2 Å². The fourth-order valence-corrected chi connectivity index (χ4v) is 4.20. The van der Waals surface area contributed by atoms with Crippen molar-refractivity contribution in [3.05, 3.63) is 90.0 Å². The molecule has 0 spiro atoms. The molecule has 1 amide bonds. The van der Waals surface area contributed by atoms with Gasteiger partial charge in [-0.1, -0.05) is 23.4 Å². The summed E-state index contributed by atoms with van der Waals surface area (Å²) in [7, 11) is 1.95. The van der Waals surface area contributed by atoms with Gasteiger partial charge in [0.05, 0.1) is 11.9 Å². The number of oxime groups is 1. The Morgan fingerprint density at radius 1 is 1.03 bits per heavy atom. The smallest absolute Gasteiger partial charge is 0.386 e. The van der Waals surface area contributed by atoms with Crippen molar-refractivity contribution >= 4 is 23.0 Å². The SMILES string of the molecule is CN(c1ccccc1)c1ccc(C(=O)N2CCC(/C(=N\OCC(F)(F)F)c3ccc(F)cn3)CC2)cc1. The van der Waals surface area contributed by atoms with Gasteiger partial charge in [0.1, 0.15) is 11.5 Å². The van der Waals surface area contributed by atoms with Crippen LogP contribution in [0, 0.1) is 11.7 Å². The van der Waals surface area contributed by atoms with Gasteiger partial charge in [0.15, 0.2) is 0 Å². The number of rotatable bonds is 7. The third-order valence-corrected chi connectivity index (χ3v) is 6.19. The highest BCUT2D eigenvalue weighted by atomic mass is 19.4. The molecule has 1 aliphatic heterocycles. The number of benzene rings is 2. The molecular formula is C27H26F4N4O2. The molecule has 4 rings (SSSR count). The van der Waals surface area contributed by atoms with E-state index in [1.165, 1.54) is 12.1 Å². The number of alkyl halides is 3. The van der Waals surface area contributed by atoms with Crippen molar-refractivity contribution in [2.45, 2.75) is 19.0 Å². The highest BCUT2D eigenvalue weighted by Gasteiger charge is 2.31. The number of nitrogens with zero attached hydrogens (tertiary/aromatic N) is 4. The summed E-state index contributed by atoms with van der Waals surface area (Å²) in [5.74, 6) is -0.989. The van der Waals surface area contributed by atoms with Crippen LogP contribution in [0.5, 0.6) is 0 Å². The van der Waals surface area contributed by atoms with Crippen LogP contribution in [0.1, 0.15) is 28.9 Å². The van der Waals surface area contributed by atoms with Gasteiger partial charge >= 0.3 is 6.18 Å². The normalized spacial score (nSPS) is 14.9. The number of pyridine rings is 1. The Bertz CT molecular complexity index is 1210. The highest BCUT2D eigenvalue weighted by molar-refractivity contribution is 6.00. The maximum Gasteiger partial charge on any atom is 0.425 e. The predicted octanol–water partition coefficient (Wildman–Crippen LogP) is 5.82. The highest BCUT2D eigenvalue weighted by Crippen LogP contribution is 2.26. The van der Waals surface area contributed by atoms with Gasteiger partial charge < -0.3 is 14.6 Å². The van der Waals surface area contributed by atoms with Gasteiger partial charge in [-0.3, -0.25) is 9.78 Å². The fraction of sp³-hybridized carbons (Fsp3) is 0.296. The molecule has 1 aromatic heterocycles. The summed E-state index contributed by atoms with van der Waals surface area (Å²) in [6.07, 6.45) is -2.65. The number of para-hydroxylation sites is 1. The first kappa shape index (κ1) is 26.1. The van der Waals surface area contributed by atoms with E-state index in [1.54, 1.807) is 17.0 Å². The molecule has 0 saturated carbocycles. The minimum Gasteiger partial charge on any atom is -0.386 e. The monoisotopic (exact) mass is 514 g/mol. The van der Waals surface area contributed by atoms with Gasteiger partial charge in [0.2, 0.25) is 6.61 Å². The third-order valence-electron chi connectivity index (χ3n) is 6.19. The van der Waals surface area contributed by atoms with Crippen LogP contribution >= 0.6 is 0 Å². The van der Waals surface area contributed by atoms with Crippen LogP contribution in [0.25, 0.3) is 0 Å². The topological polar surface area (TPSA) is 58.0 Å². The number of hydrogen-bond acceptors (Lipinski definition) is 5. The average molecular weight is 515 g/mol. The third kappa shape index (κ3) is 6.84. The molecule has 0 aliphatic carbocycles. The van der Waals surface area contributed by atoms with Crippen molar-refractivity contribution in [1.82, 2.24) is 9.88 Å². The summed E-state index contributed by atoms with van der Waals surface area (Å²) >= 11 is 0. The number of carbonyl (C=O) groups is 1. The largest absolute Gasteiger partial charge is 0.425 e. The molecule has 2 heterocycles. The number of hydrogen-bond donors (Lipinski definition) is 0. The van der Waals surface area contributed by atoms with Crippen molar-refractivity contribution in [2.75, 3.05) is 31.6 Å². The number of halogens is 4. The van der Waals surface area contributed by atoms with Gasteiger partial charge in [0.25, 0.3) is 5.91 Å². The van der Waals surface area contributed by atoms with Gasteiger partial charge in [-0.05, 0) is 61.4 Å². The molecule has 1 aliphatic rings. The second kappa shape index (κ2) is 11.4. The molecule has 0 radical (unpaired) electrons. The van der Waals surface area contributed by atoms with Crippen molar-refractivity contribution in [2.24, 2.45) is 11.1 Å². The molecule has 1 saturated heterocycles. The van der Waals surface area contributed by atoms with Crippen LogP contribution in [-0.2, 0) is 4.84 Å². The van der Waals surface area contributed by atoms with Crippen molar-refractivity contribution < 1.29 is 27.2 Å². The van der Waals surface area contributed by atoms with E-state index in [4.69, 9.17) is 0 Å². The first-order valence-electron chi connectivity index (χ1n) is 11.8. The zero-order chi connectivity index (χ0) is 26.4. The molecule has 0 N–H and O–H groups in total. The number of anilines is 2. The maximum atomic E-state index is 13.3. The second-order valence-electron chi connectivity index (χ2n) is 8.73. The predicted molar refractivity (Wildman–Crippen MR) is 132 cm³/mol. The summed E-state index contributed by atoms with van der Waals surface area (Å²) in [6.45, 7) is -0.770. The van der Waals surface area contributed by atoms with Crippen LogP contribution in [0.15, 0.2) is 78.1 Å². The first-order valence-corrected chi connectivity index (χ1v) is 11.8. The molecule has 10 heteroatoms. The van der Waals surface area contributed by atoms with Crippen LogP contribution < -0.4 is 4.90 Å². The fourth-order valence-electron chi connectivity index (χ4n) is 4.20. The summed E-state index contributed by atoms with van der Waals surface area (Å²) in [6, 6.07) is 19.7. The number of carbonyl (C=O) groups excluding carboxylic acids is 1. The van der Waals surface area contributed by atoms with E-state index in [0.717, 1.165) is 17.6 Å². The van der Waals surface area contributed by atoms with E-state index in [2.05, 4.69) is 15.0 Å². The van der Waals surface area contributed by atoms with Crippen LogP contribution in [0.3, 0.4) is 0 Å². The zero-order valence-corrected chi connectivity index (χ0v) is 20.2.